The summed E-state index contributed by atoms with van der Waals surface area (Å²) >= 11 is 4.62. The third kappa shape index (κ3) is 3.11. The van der Waals surface area contributed by atoms with E-state index in [1.165, 1.54) is 0 Å². The fourth-order valence-corrected chi connectivity index (χ4v) is 3.90. The van der Waals surface area contributed by atoms with Gasteiger partial charge in [0, 0.05) is 5.75 Å². The first-order valence-electron chi connectivity index (χ1n) is 3.73. The summed E-state index contributed by atoms with van der Waals surface area (Å²) in [6, 6.07) is 0. The van der Waals surface area contributed by atoms with Crippen LogP contribution in [0.15, 0.2) is 15.0 Å². The maximum absolute atomic E-state index is 11.3. The molecular weight excluding hydrogens is 274 g/mol. The second kappa shape index (κ2) is 4.14. The van der Waals surface area contributed by atoms with Crippen molar-refractivity contribution < 1.29 is 8.42 Å². The Morgan fingerprint density at radius 3 is 2.62 bits per heavy atom. The minimum Gasteiger partial charge on any atom is -0.232 e. The van der Waals surface area contributed by atoms with Gasteiger partial charge in [-0.15, -0.1) is 0 Å². The van der Waals surface area contributed by atoms with Crippen molar-refractivity contribution in [3.05, 3.63) is 10.0 Å². The normalized spacial score (nSPS) is 20.3. The Kier molecular flexibility index (Phi) is 3.59. The molecule has 0 bridgehead atoms. The summed E-state index contributed by atoms with van der Waals surface area (Å²) in [6.07, 6.45) is 0. The summed E-state index contributed by atoms with van der Waals surface area (Å²) in [5, 5.41) is 1.80. The Balaban J connectivity index is 2.70. The molecule has 0 saturated carbocycles. The molecule has 0 spiro atoms. The van der Waals surface area contributed by atoms with E-state index >= 15 is 0 Å². The number of halogens is 1. The van der Waals surface area contributed by atoms with Gasteiger partial charge in [0.2, 0.25) is 9.84 Å². The number of sulfone groups is 1. The molecular formula is C7H10BrNO2S2. The molecule has 0 radical (unpaired) electrons. The fraction of sp³-hybridized carbons (Fsp3) is 0.571. The lowest BCUT2D eigenvalue weighted by Crippen LogP contribution is -2.12. The van der Waals surface area contributed by atoms with E-state index in [1.54, 1.807) is 11.8 Å². The molecule has 0 aromatic heterocycles. The van der Waals surface area contributed by atoms with Gasteiger partial charge in [0.15, 0.2) is 0 Å². The number of thioether (sulfide) groups is 1. The number of hydrogen-bond donors (Lipinski definition) is 0. The van der Waals surface area contributed by atoms with Crippen LogP contribution in [0.2, 0.25) is 0 Å². The van der Waals surface area contributed by atoms with Gasteiger partial charge in [-0.1, -0.05) is 13.8 Å². The molecule has 1 aliphatic heterocycles. The molecule has 6 heteroatoms. The van der Waals surface area contributed by atoms with Crippen LogP contribution in [0.1, 0.15) is 13.8 Å². The second-order valence-electron chi connectivity index (χ2n) is 2.85. The molecule has 3 nitrogen and oxygen atoms in total. The van der Waals surface area contributed by atoms with Crippen molar-refractivity contribution >= 4 is 42.6 Å². The Hall–Kier alpha value is 0.190. The van der Waals surface area contributed by atoms with Crippen molar-refractivity contribution in [2.45, 2.75) is 19.1 Å². The molecule has 0 atom stereocenters. The van der Waals surface area contributed by atoms with Crippen LogP contribution in [-0.4, -0.2) is 24.5 Å². The molecule has 0 aromatic carbocycles. The van der Waals surface area contributed by atoms with Crippen molar-refractivity contribution in [2.75, 3.05) is 5.75 Å². The van der Waals surface area contributed by atoms with Crippen molar-refractivity contribution in [3.8, 4) is 0 Å². The number of aliphatic imine (C=N–C) groups is 1. The molecule has 1 aliphatic rings. The van der Waals surface area contributed by atoms with Crippen LogP contribution in [-0.2, 0) is 9.84 Å². The standard InChI is InChI=1S/C7H10BrNO2S2/c1-5(2)12-3-7-9-6(8)4-13(7,10)11/h4-5H,3H2,1-2H3. The van der Waals surface area contributed by atoms with Crippen molar-refractivity contribution in [1.29, 1.82) is 0 Å². The predicted octanol–water partition coefficient (Wildman–Crippen LogP) is 2.15. The van der Waals surface area contributed by atoms with E-state index < -0.39 is 9.84 Å². The van der Waals surface area contributed by atoms with Crippen LogP contribution in [0, 0.1) is 0 Å². The first-order chi connectivity index (χ1) is 5.92. The van der Waals surface area contributed by atoms with E-state index in [2.05, 4.69) is 20.9 Å². The zero-order valence-corrected chi connectivity index (χ0v) is 10.5. The van der Waals surface area contributed by atoms with E-state index in [0.29, 0.717) is 15.6 Å². The second-order valence-corrected chi connectivity index (χ2v) is 7.03. The lowest BCUT2D eigenvalue weighted by atomic mass is 10.6. The Morgan fingerprint density at radius 2 is 2.23 bits per heavy atom. The van der Waals surface area contributed by atoms with Gasteiger partial charge in [0.1, 0.15) is 9.65 Å². The summed E-state index contributed by atoms with van der Waals surface area (Å²) in [5.41, 5.74) is 0. The highest BCUT2D eigenvalue weighted by Crippen LogP contribution is 2.22. The topological polar surface area (TPSA) is 46.5 Å². The predicted molar refractivity (Wildman–Crippen MR) is 61.0 cm³/mol. The van der Waals surface area contributed by atoms with Gasteiger partial charge in [0.25, 0.3) is 0 Å². The van der Waals surface area contributed by atoms with E-state index in [1.807, 2.05) is 13.8 Å². The first-order valence-corrected chi connectivity index (χ1v) is 7.12. The van der Waals surface area contributed by atoms with Gasteiger partial charge >= 0.3 is 0 Å². The van der Waals surface area contributed by atoms with Gasteiger partial charge < -0.3 is 0 Å². The zero-order chi connectivity index (χ0) is 10.1. The average Bonchev–Trinajstić information content (AvgIpc) is 2.19. The fourth-order valence-electron chi connectivity index (χ4n) is 0.758. The van der Waals surface area contributed by atoms with Crippen molar-refractivity contribution in [2.24, 2.45) is 4.99 Å². The smallest absolute Gasteiger partial charge is 0.216 e. The minimum absolute atomic E-state index is 0.248. The van der Waals surface area contributed by atoms with E-state index in [-0.39, 0.29) is 5.04 Å². The highest BCUT2D eigenvalue weighted by atomic mass is 79.9. The Bertz CT molecular complexity index is 357. The lowest BCUT2D eigenvalue weighted by molar-refractivity contribution is 0.615. The maximum atomic E-state index is 11.3. The van der Waals surface area contributed by atoms with E-state index in [4.69, 9.17) is 0 Å². The summed E-state index contributed by atoms with van der Waals surface area (Å²) in [7, 11) is -3.21. The molecule has 0 aliphatic carbocycles. The molecule has 0 saturated heterocycles. The van der Waals surface area contributed by atoms with Crippen LogP contribution in [0.25, 0.3) is 0 Å². The summed E-state index contributed by atoms with van der Waals surface area (Å²) in [4.78, 5) is 3.90. The van der Waals surface area contributed by atoms with E-state index in [0.717, 1.165) is 5.41 Å². The molecule has 1 rings (SSSR count). The third-order valence-electron chi connectivity index (χ3n) is 1.35. The zero-order valence-electron chi connectivity index (χ0n) is 7.32. The summed E-state index contributed by atoms with van der Waals surface area (Å²) < 4.78 is 23.1. The molecule has 0 unspecified atom stereocenters. The molecule has 1 heterocycles. The SMILES string of the molecule is CC(C)SCC1=NC(Br)=CS1(=O)=O. The van der Waals surface area contributed by atoms with Crippen LogP contribution < -0.4 is 0 Å². The first kappa shape index (κ1) is 11.3. The van der Waals surface area contributed by atoms with Crippen LogP contribution in [0.4, 0.5) is 0 Å². The number of nitrogens with zero attached hydrogens (tertiary/aromatic N) is 1. The molecule has 13 heavy (non-hydrogen) atoms. The molecule has 0 aromatic rings. The molecule has 0 fully saturated rings. The largest absolute Gasteiger partial charge is 0.232 e. The van der Waals surface area contributed by atoms with E-state index in [9.17, 15) is 8.42 Å². The lowest BCUT2D eigenvalue weighted by Gasteiger charge is -2.03. The van der Waals surface area contributed by atoms with Gasteiger partial charge in [-0.25, -0.2) is 13.4 Å². The van der Waals surface area contributed by atoms with Crippen molar-refractivity contribution in [3.63, 3.8) is 0 Å². The van der Waals surface area contributed by atoms with Crippen LogP contribution in [0.3, 0.4) is 0 Å². The molecule has 0 N–H and O–H groups in total. The van der Waals surface area contributed by atoms with Crippen molar-refractivity contribution in [1.82, 2.24) is 0 Å². The Labute approximate surface area is 90.7 Å². The van der Waals surface area contributed by atoms with Gasteiger partial charge in [0.05, 0.1) is 5.41 Å². The van der Waals surface area contributed by atoms with Crippen LogP contribution in [0.5, 0.6) is 0 Å². The summed E-state index contributed by atoms with van der Waals surface area (Å²) in [5.74, 6) is 0.450. The van der Waals surface area contributed by atoms with Gasteiger partial charge in [-0.3, -0.25) is 0 Å². The number of hydrogen-bond acceptors (Lipinski definition) is 4. The molecule has 74 valence electrons. The highest BCUT2D eigenvalue weighted by Gasteiger charge is 2.23. The minimum atomic E-state index is -3.21. The maximum Gasteiger partial charge on any atom is 0.216 e. The van der Waals surface area contributed by atoms with Gasteiger partial charge in [-0.05, 0) is 21.2 Å². The highest BCUT2D eigenvalue weighted by molar-refractivity contribution is 9.11. The quantitative estimate of drug-likeness (QED) is 0.746. The monoisotopic (exact) mass is 283 g/mol. The average molecular weight is 284 g/mol. The summed E-state index contributed by atoms with van der Waals surface area (Å²) in [6.45, 7) is 4.05. The Morgan fingerprint density at radius 1 is 1.62 bits per heavy atom. The number of rotatable bonds is 3. The van der Waals surface area contributed by atoms with Crippen LogP contribution >= 0.6 is 27.7 Å². The van der Waals surface area contributed by atoms with Gasteiger partial charge in [-0.2, -0.15) is 11.8 Å². The molecule has 0 amide bonds. The third-order valence-corrected chi connectivity index (χ3v) is 4.78.